The Hall–Kier alpha value is -2.26. The van der Waals surface area contributed by atoms with E-state index in [9.17, 15) is 4.79 Å². The average Bonchev–Trinajstić information content (AvgIpc) is 2.53. The molecule has 0 aliphatic rings. The summed E-state index contributed by atoms with van der Waals surface area (Å²) in [4.78, 5) is 12.4. The number of carbonyl (C=O) groups excluding carboxylic acids is 1. The van der Waals surface area contributed by atoms with Gasteiger partial charge in [-0.2, -0.15) is 0 Å². The van der Waals surface area contributed by atoms with Gasteiger partial charge in [0.05, 0.1) is 12.1 Å². The van der Waals surface area contributed by atoms with Crippen LogP contribution in [0.25, 0.3) is 5.57 Å². The number of hydrogen-bond acceptors (Lipinski definition) is 2. The number of hydrogen-bond donors (Lipinski definition) is 1. The van der Waals surface area contributed by atoms with E-state index in [2.05, 4.69) is 39.1 Å². The number of nitrogens with one attached hydrogen (secondary N) is 1. The Bertz CT molecular complexity index is 787. The van der Waals surface area contributed by atoms with Gasteiger partial charge in [-0.25, -0.2) is 0 Å². The van der Waals surface area contributed by atoms with E-state index in [0.29, 0.717) is 22.0 Å². The molecule has 4 heteroatoms. The van der Waals surface area contributed by atoms with Gasteiger partial charge >= 0.3 is 0 Å². The first-order valence-electron chi connectivity index (χ1n) is 8.14. The van der Waals surface area contributed by atoms with Crippen molar-refractivity contribution >= 4 is 28.8 Å². The van der Waals surface area contributed by atoms with E-state index in [0.717, 1.165) is 5.56 Å². The highest BCUT2D eigenvalue weighted by molar-refractivity contribution is 6.32. The first-order valence-corrected chi connectivity index (χ1v) is 8.52. The van der Waals surface area contributed by atoms with Crippen LogP contribution in [0.4, 0.5) is 5.69 Å². The van der Waals surface area contributed by atoms with Crippen molar-refractivity contribution in [1.29, 1.82) is 0 Å². The number of anilines is 1. The lowest BCUT2D eigenvalue weighted by Crippen LogP contribution is -2.11. The normalized spacial score (nSPS) is 12.0. The van der Waals surface area contributed by atoms with Gasteiger partial charge in [0.15, 0.2) is 0 Å². The second-order valence-electron chi connectivity index (χ2n) is 7.07. The minimum atomic E-state index is -0.176. The van der Waals surface area contributed by atoms with Crippen LogP contribution in [0.3, 0.4) is 0 Å². The van der Waals surface area contributed by atoms with Crippen LogP contribution in [0.1, 0.15) is 43.6 Å². The Morgan fingerprint density at radius 3 is 2.20 bits per heavy atom. The van der Waals surface area contributed by atoms with E-state index in [-0.39, 0.29) is 11.3 Å². The largest absolute Gasteiger partial charge is 0.495 e. The predicted octanol–water partition coefficient (Wildman–Crippen LogP) is 6.05. The van der Waals surface area contributed by atoms with Crippen LogP contribution < -0.4 is 10.1 Å². The molecule has 0 unspecified atom stereocenters. The van der Waals surface area contributed by atoms with Crippen molar-refractivity contribution in [1.82, 2.24) is 0 Å². The fourth-order valence-electron chi connectivity index (χ4n) is 2.56. The van der Waals surface area contributed by atoms with Gasteiger partial charge in [0.1, 0.15) is 5.75 Å². The minimum absolute atomic E-state index is 0.119. The molecule has 2 aromatic carbocycles. The molecule has 1 amide bonds. The molecule has 0 aliphatic heterocycles. The molecule has 0 aliphatic carbocycles. The van der Waals surface area contributed by atoms with Gasteiger partial charge in [0.2, 0.25) is 0 Å². The zero-order valence-electron chi connectivity index (χ0n) is 15.3. The van der Waals surface area contributed by atoms with Crippen LogP contribution in [-0.2, 0) is 0 Å². The lowest BCUT2D eigenvalue weighted by Gasteiger charge is -2.14. The highest BCUT2D eigenvalue weighted by Crippen LogP contribution is 2.27. The molecule has 0 saturated carbocycles. The maximum absolute atomic E-state index is 12.4. The maximum atomic E-state index is 12.4. The van der Waals surface area contributed by atoms with E-state index in [1.54, 1.807) is 25.3 Å². The molecule has 1 N–H and O–H groups in total. The number of allylic oxidation sites excluding steroid dienone is 2. The van der Waals surface area contributed by atoms with Gasteiger partial charge in [0, 0.05) is 11.3 Å². The molecule has 2 aromatic rings. The van der Waals surface area contributed by atoms with Crippen molar-refractivity contribution in [3.8, 4) is 5.75 Å². The van der Waals surface area contributed by atoms with Crippen molar-refractivity contribution in [2.24, 2.45) is 5.41 Å². The lowest BCUT2D eigenvalue weighted by atomic mass is 9.91. The van der Waals surface area contributed by atoms with Crippen molar-refractivity contribution < 1.29 is 9.53 Å². The molecule has 0 radical (unpaired) electrons. The molecule has 0 bridgehead atoms. The summed E-state index contributed by atoms with van der Waals surface area (Å²) < 4.78 is 5.11. The van der Waals surface area contributed by atoms with Crippen LogP contribution in [-0.4, -0.2) is 13.0 Å². The summed E-state index contributed by atoms with van der Waals surface area (Å²) >= 11 is 6.08. The second kappa shape index (κ2) is 7.75. The summed E-state index contributed by atoms with van der Waals surface area (Å²) in [6.45, 7) is 8.58. The monoisotopic (exact) mass is 357 g/mol. The van der Waals surface area contributed by atoms with Crippen LogP contribution in [0, 0.1) is 5.41 Å². The summed E-state index contributed by atoms with van der Waals surface area (Å²) in [6.07, 6.45) is 2.22. The zero-order chi connectivity index (χ0) is 18.6. The van der Waals surface area contributed by atoms with E-state index in [1.165, 1.54) is 5.57 Å². The Kier molecular flexibility index (Phi) is 5.91. The third kappa shape index (κ3) is 5.36. The molecular weight excluding hydrogens is 334 g/mol. The van der Waals surface area contributed by atoms with E-state index < -0.39 is 0 Å². The lowest BCUT2D eigenvalue weighted by molar-refractivity contribution is 0.102. The van der Waals surface area contributed by atoms with Gasteiger partial charge in [-0.05, 0) is 53.8 Å². The van der Waals surface area contributed by atoms with Crippen LogP contribution in [0.5, 0.6) is 5.75 Å². The van der Waals surface area contributed by atoms with E-state index in [4.69, 9.17) is 16.3 Å². The third-order valence-corrected chi connectivity index (χ3v) is 3.96. The third-order valence-electron chi connectivity index (χ3n) is 3.66. The maximum Gasteiger partial charge on any atom is 0.255 e. The smallest absolute Gasteiger partial charge is 0.255 e. The molecule has 0 atom stereocenters. The number of benzene rings is 2. The highest BCUT2D eigenvalue weighted by Gasteiger charge is 2.10. The Balaban J connectivity index is 2.13. The summed E-state index contributed by atoms with van der Waals surface area (Å²) in [5.41, 5.74) is 3.65. The SMILES string of the molecule is COc1ccc(NC(=O)c2ccc(C(C)=CC(C)(C)C)cc2)cc1Cl. The average molecular weight is 358 g/mol. The van der Waals surface area contributed by atoms with Gasteiger partial charge in [-0.3, -0.25) is 4.79 Å². The predicted molar refractivity (Wildman–Crippen MR) is 106 cm³/mol. The quantitative estimate of drug-likeness (QED) is 0.723. The highest BCUT2D eigenvalue weighted by atomic mass is 35.5. The molecule has 132 valence electrons. The Morgan fingerprint density at radius 1 is 1.08 bits per heavy atom. The molecule has 0 heterocycles. The molecule has 0 fully saturated rings. The number of methoxy groups -OCH3 is 1. The molecular formula is C21H24ClNO2. The number of halogens is 1. The second-order valence-corrected chi connectivity index (χ2v) is 7.48. The summed E-state index contributed by atoms with van der Waals surface area (Å²) in [5, 5.41) is 3.30. The standard InChI is InChI=1S/C21H24ClNO2/c1-14(13-21(2,3)4)15-6-8-16(9-7-15)20(24)23-17-10-11-19(25-5)18(22)12-17/h6-13H,1-5H3,(H,23,24). The first kappa shape index (κ1) is 19.1. The number of rotatable bonds is 4. The molecule has 0 saturated heterocycles. The summed E-state index contributed by atoms with van der Waals surface area (Å²) in [7, 11) is 1.55. The first-order chi connectivity index (χ1) is 11.7. The van der Waals surface area contributed by atoms with Gasteiger partial charge in [-0.1, -0.05) is 50.6 Å². The molecule has 2 rings (SSSR count). The van der Waals surface area contributed by atoms with Crippen molar-refractivity contribution in [2.75, 3.05) is 12.4 Å². The van der Waals surface area contributed by atoms with Crippen molar-refractivity contribution in [2.45, 2.75) is 27.7 Å². The van der Waals surface area contributed by atoms with E-state index >= 15 is 0 Å². The van der Waals surface area contributed by atoms with Crippen LogP contribution in [0.2, 0.25) is 5.02 Å². The molecule has 0 spiro atoms. The molecule has 0 aromatic heterocycles. The Labute approximate surface area is 154 Å². The van der Waals surface area contributed by atoms with Gasteiger partial charge < -0.3 is 10.1 Å². The zero-order valence-corrected chi connectivity index (χ0v) is 16.1. The fourth-order valence-corrected chi connectivity index (χ4v) is 2.82. The number of amides is 1. The topological polar surface area (TPSA) is 38.3 Å². The van der Waals surface area contributed by atoms with Gasteiger partial charge in [-0.15, -0.1) is 0 Å². The number of carbonyl (C=O) groups is 1. The van der Waals surface area contributed by atoms with Crippen molar-refractivity contribution in [3.63, 3.8) is 0 Å². The number of ether oxygens (including phenoxy) is 1. The fraction of sp³-hybridized carbons (Fsp3) is 0.286. The Morgan fingerprint density at radius 2 is 1.68 bits per heavy atom. The molecule has 25 heavy (non-hydrogen) atoms. The van der Waals surface area contributed by atoms with E-state index in [1.807, 2.05) is 24.3 Å². The van der Waals surface area contributed by atoms with Crippen LogP contribution in [0.15, 0.2) is 48.5 Å². The molecule has 3 nitrogen and oxygen atoms in total. The van der Waals surface area contributed by atoms with Crippen LogP contribution >= 0.6 is 11.6 Å². The minimum Gasteiger partial charge on any atom is -0.495 e. The summed E-state index contributed by atoms with van der Waals surface area (Å²) in [6, 6.07) is 12.7. The summed E-state index contributed by atoms with van der Waals surface area (Å²) in [5.74, 6) is 0.398. The van der Waals surface area contributed by atoms with Gasteiger partial charge in [0.25, 0.3) is 5.91 Å². The van der Waals surface area contributed by atoms with Crippen molar-refractivity contribution in [3.05, 3.63) is 64.7 Å².